The molecule has 0 radical (unpaired) electrons. The third-order valence-electron chi connectivity index (χ3n) is 3.44. The zero-order valence-electron chi connectivity index (χ0n) is 10.7. The number of benzene rings is 1. The van der Waals surface area contributed by atoms with Gasteiger partial charge in [0.15, 0.2) is 0 Å². The van der Waals surface area contributed by atoms with E-state index in [4.69, 9.17) is 5.26 Å². The van der Waals surface area contributed by atoms with Crippen molar-refractivity contribution in [2.75, 3.05) is 0 Å². The Morgan fingerprint density at radius 2 is 2.06 bits per heavy atom. The fourth-order valence-electron chi connectivity index (χ4n) is 2.41. The van der Waals surface area contributed by atoms with E-state index in [2.05, 4.69) is 6.07 Å². The quantitative estimate of drug-likeness (QED) is 0.893. The van der Waals surface area contributed by atoms with Crippen LogP contribution in [0, 0.1) is 11.3 Å². The van der Waals surface area contributed by atoms with Crippen LogP contribution in [0.25, 0.3) is 0 Å². The Bertz CT molecular complexity index is 444. The molecule has 2 nitrogen and oxygen atoms in total. The lowest BCUT2D eigenvalue weighted by Gasteiger charge is -2.22. The average molecular weight is 261 g/mol. The summed E-state index contributed by atoms with van der Waals surface area (Å²) in [6.45, 7) is 1.78. The predicted molar refractivity (Wildman–Crippen MR) is 74.5 cm³/mol. The van der Waals surface area contributed by atoms with Gasteiger partial charge in [-0.05, 0) is 37.5 Å². The fraction of sp³-hybridized carbons (Fsp3) is 0.533. The van der Waals surface area contributed by atoms with Crippen molar-refractivity contribution in [3.63, 3.8) is 0 Å². The van der Waals surface area contributed by atoms with Crippen LogP contribution in [0.4, 0.5) is 0 Å². The van der Waals surface area contributed by atoms with Gasteiger partial charge in [0, 0.05) is 10.1 Å². The van der Waals surface area contributed by atoms with Crippen molar-refractivity contribution < 1.29 is 5.11 Å². The molecule has 1 aliphatic rings. The summed E-state index contributed by atoms with van der Waals surface area (Å²) in [6.07, 6.45) is 5.99. The van der Waals surface area contributed by atoms with Crippen LogP contribution < -0.4 is 0 Å². The topological polar surface area (TPSA) is 44.0 Å². The molecule has 2 rings (SSSR count). The van der Waals surface area contributed by atoms with Gasteiger partial charge in [-0.3, -0.25) is 0 Å². The van der Waals surface area contributed by atoms with E-state index in [-0.39, 0.29) is 0 Å². The number of aliphatic hydroxyl groups is 1. The molecular formula is C15H19NOS. The molecule has 1 aliphatic carbocycles. The summed E-state index contributed by atoms with van der Waals surface area (Å²) in [6, 6.07) is 7.76. The lowest BCUT2D eigenvalue weighted by molar-refractivity contribution is 0.196. The van der Waals surface area contributed by atoms with Gasteiger partial charge in [-0.25, -0.2) is 0 Å². The summed E-state index contributed by atoms with van der Waals surface area (Å²) >= 11 is 1.84. The maximum absolute atomic E-state index is 9.80. The Kier molecular flexibility index (Phi) is 4.68. The van der Waals surface area contributed by atoms with Crippen molar-refractivity contribution in [3.8, 4) is 6.07 Å². The SMILES string of the molecule is C[C@H](O)c1ccc(C#N)cc1SC1CCCCC1. The maximum atomic E-state index is 9.80. The van der Waals surface area contributed by atoms with Crippen molar-refractivity contribution in [3.05, 3.63) is 29.3 Å². The first-order valence-corrected chi connectivity index (χ1v) is 7.47. The summed E-state index contributed by atoms with van der Waals surface area (Å²) in [4.78, 5) is 1.08. The number of hydrogen-bond donors (Lipinski definition) is 1. The van der Waals surface area contributed by atoms with Gasteiger partial charge in [0.05, 0.1) is 17.7 Å². The Balaban J connectivity index is 2.20. The minimum Gasteiger partial charge on any atom is -0.389 e. The Morgan fingerprint density at radius 3 is 2.67 bits per heavy atom. The van der Waals surface area contributed by atoms with Crippen LogP contribution in [0.1, 0.15) is 56.3 Å². The van der Waals surface area contributed by atoms with Crippen LogP contribution >= 0.6 is 11.8 Å². The highest BCUT2D eigenvalue weighted by molar-refractivity contribution is 8.00. The molecule has 1 aromatic rings. The molecule has 3 heteroatoms. The molecule has 1 saturated carbocycles. The van der Waals surface area contributed by atoms with Gasteiger partial charge >= 0.3 is 0 Å². The first-order valence-electron chi connectivity index (χ1n) is 6.59. The highest BCUT2D eigenvalue weighted by Gasteiger charge is 2.18. The number of nitrogens with zero attached hydrogens (tertiary/aromatic N) is 1. The summed E-state index contributed by atoms with van der Waals surface area (Å²) in [7, 11) is 0. The molecule has 0 aromatic heterocycles. The van der Waals surface area contributed by atoms with E-state index >= 15 is 0 Å². The summed E-state index contributed by atoms with van der Waals surface area (Å²) in [5, 5.41) is 19.4. The van der Waals surface area contributed by atoms with E-state index in [0.717, 1.165) is 10.5 Å². The second-order valence-electron chi connectivity index (χ2n) is 4.92. The van der Waals surface area contributed by atoms with Gasteiger partial charge in [0.25, 0.3) is 0 Å². The molecule has 0 amide bonds. The smallest absolute Gasteiger partial charge is 0.0992 e. The van der Waals surface area contributed by atoms with Gasteiger partial charge in [-0.15, -0.1) is 11.8 Å². The summed E-state index contributed by atoms with van der Waals surface area (Å²) in [5.74, 6) is 0. The second-order valence-corrected chi connectivity index (χ2v) is 6.26. The van der Waals surface area contributed by atoms with Crippen LogP contribution in [-0.4, -0.2) is 10.4 Å². The van der Waals surface area contributed by atoms with E-state index in [0.29, 0.717) is 10.8 Å². The fourth-order valence-corrected chi connectivity index (χ4v) is 3.91. The first-order chi connectivity index (χ1) is 8.70. The molecule has 0 saturated heterocycles. The standard InChI is InChI=1S/C15H19NOS/c1-11(17)14-8-7-12(10-16)9-15(14)18-13-5-3-2-4-6-13/h7-9,11,13,17H,2-6H2,1H3/t11-/m0/s1. The van der Waals surface area contributed by atoms with Gasteiger partial charge in [0.1, 0.15) is 0 Å². The molecule has 0 heterocycles. The van der Waals surface area contributed by atoms with Crippen molar-refractivity contribution >= 4 is 11.8 Å². The molecule has 96 valence electrons. The monoisotopic (exact) mass is 261 g/mol. The Morgan fingerprint density at radius 1 is 1.33 bits per heavy atom. The molecule has 1 fully saturated rings. The first kappa shape index (κ1) is 13.5. The van der Waals surface area contributed by atoms with Gasteiger partial charge in [-0.1, -0.05) is 25.3 Å². The highest BCUT2D eigenvalue weighted by Crippen LogP contribution is 2.37. The highest BCUT2D eigenvalue weighted by atomic mass is 32.2. The van der Waals surface area contributed by atoms with E-state index < -0.39 is 6.10 Å². The van der Waals surface area contributed by atoms with E-state index in [1.165, 1.54) is 32.1 Å². The molecule has 0 unspecified atom stereocenters. The van der Waals surface area contributed by atoms with Crippen molar-refractivity contribution in [1.29, 1.82) is 5.26 Å². The normalized spacial score (nSPS) is 18.3. The van der Waals surface area contributed by atoms with Crippen LogP contribution in [0.3, 0.4) is 0 Å². The van der Waals surface area contributed by atoms with Crippen molar-refractivity contribution in [2.24, 2.45) is 0 Å². The third-order valence-corrected chi connectivity index (χ3v) is 4.85. The third kappa shape index (κ3) is 3.28. The maximum Gasteiger partial charge on any atom is 0.0992 e. The van der Waals surface area contributed by atoms with Gasteiger partial charge in [0.2, 0.25) is 0 Å². The summed E-state index contributed by atoms with van der Waals surface area (Å²) < 4.78 is 0. The zero-order valence-corrected chi connectivity index (χ0v) is 11.5. The van der Waals surface area contributed by atoms with Crippen LogP contribution in [-0.2, 0) is 0 Å². The van der Waals surface area contributed by atoms with Gasteiger partial charge < -0.3 is 5.11 Å². The summed E-state index contributed by atoms with van der Waals surface area (Å²) in [5.41, 5.74) is 1.63. The molecular weight excluding hydrogens is 242 g/mol. The molecule has 1 atom stereocenters. The molecule has 1 N–H and O–H groups in total. The predicted octanol–water partition coefficient (Wildman–Crippen LogP) is 4.04. The number of nitriles is 1. The Labute approximate surface area is 113 Å². The zero-order chi connectivity index (χ0) is 13.0. The lowest BCUT2D eigenvalue weighted by atomic mass is 10.0. The molecule has 1 aromatic carbocycles. The minimum absolute atomic E-state index is 0.469. The number of thioether (sulfide) groups is 1. The Hall–Kier alpha value is -0.980. The largest absolute Gasteiger partial charge is 0.389 e. The van der Waals surface area contributed by atoms with E-state index in [1.54, 1.807) is 13.0 Å². The number of rotatable bonds is 3. The lowest BCUT2D eigenvalue weighted by Crippen LogP contribution is -2.08. The van der Waals surface area contributed by atoms with Gasteiger partial charge in [-0.2, -0.15) is 5.26 Å². The van der Waals surface area contributed by atoms with Crippen molar-refractivity contribution in [2.45, 2.75) is 55.3 Å². The van der Waals surface area contributed by atoms with Crippen molar-refractivity contribution in [1.82, 2.24) is 0 Å². The van der Waals surface area contributed by atoms with E-state index in [1.807, 2.05) is 23.9 Å². The van der Waals surface area contributed by atoms with Crippen LogP contribution in [0.2, 0.25) is 0 Å². The second kappa shape index (κ2) is 6.26. The minimum atomic E-state index is -0.469. The number of hydrogen-bond acceptors (Lipinski definition) is 3. The molecule has 0 bridgehead atoms. The van der Waals surface area contributed by atoms with Crippen LogP contribution in [0.15, 0.2) is 23.1 Å². The number of aliphatic hydroxyl groups excluding tert-OH is 1. The average Bonchev–Trinajstić information content (AvgIpc) is 2.39. The van der Waals surface area contributed by atoms with Crippen LogP contribution in [0.5, 0.6) is 0 Å². The molecule has 0 aliphatic heterocycles. The van der Waals surface area contributed by atoms with E-state index in [9.17, 15) is 5.11 Å². The molecule has 0 spiro atoms. The molecule has 18 heavy (non-hydrogen) atoms.